The largest absolute Gasteiger partial charge is 0.330 e. The number of anilines is 2. The van der Waals surface area contributed by atoms with Gasteiger partial charge in [-0.1, -0.05) is 42.0 Å². The number of para-hydroxylation sites is 1. The Kier molecular flexibility index (Phi) is 6.04. The zero-order valence-corrected chi connectivity index (χ0v) is 17.9. The first-order valence-corrected chi connectivity index (χ1v) is 10.4. The molecule has 7 heteroatoms. The maximum atomic E-state index is 13.4. The van der Waals surface area contributed by atoms with Gasteiger partial charge in [0, 0.05) is 11.9 Å². The molecule has 1 aliphatic rings. The number of thiocarbonyl (C=S) groups is 1. The second-order valence-corrected chi connectivity index (χ2v) is 7.74. The number of aromatic nitrogens is 1. The molecule has 2 aromatic carbocycles. The molecular formula is C24H22N4O2S. The standard InChI is InChI=1S/C24H22N4O2S/c1-17-10-12-20(13-11-17)28-23(30)21(15-22(29)26-18-7-3-2-4-8-18)27(24(28)31)16-19-9-5-6-14-25-19/h2-14,21H,15-16H2,1H3,(H,26,29). The van der Waals surface area contributed by atoms with Crippen molar-refractivity contribution in [3.8, 4) is 0 Å². The molecule has 0 bridgehead atoms. The molecule has 1 aromatic heterocycles. The van der Waals surface area contributed by atoms with Crippen LogP contribution in [0.5, 0.6) is 0 Å². The zero-order chi connectivity index (χ0) is 21.8. The van der Waals surface area contributed by atoms with Gasteiger partial charge in [0.2, 0.25) is 5.91 Å². The van der Waals surface area contributed by atoms with Crippen LogP contribution in [0.25, 0.3) is 0 Å². The normalized spacial score (nSPS) is 16.0. The number of hydrogen-bond donors (Lipinski definition) is 1. The Morgan fingerprint density at radius 1 is 1.03 bits per heavy atom. The SMILES string of the molecule is Cc1ccc(N2C(=O)C(CC(=O)Nc3ccccc3)N(Cc3ccccn3)C2=S)cc1. The molecular weight excluding hydrogens is 408 g/mol. The summed E-state index contributed by atoms with van der Waals surface area (Å²) < 4.78 is 0. The van der Waals surface area contributed by atoms with Crippen molar-refractivity contribution in [3.05, 3.63) is 90.3 Å². The van der Waals surface area contributed by atoms with Crippen LogP contribution in [-0.4, -0.2) is 32.9 Å². The minimum atomic E-state index is -0.709. The van der Waals surface area contributed by atoms with E-state index < -0.39 is 6.04 Å². The quantitative estimate of drug-likeness (QED) is 0.601. The predicted molar refractivity (Wildman–Crippen MR) is 125 cm³/mol. The molecule has 3 aromatic rings. The van der Waals surface area contributed by atoms with Crippen molar-refractivity contribution in [1.82, 2.24) is 9.88 Å². The first-order valence-electron chi connectivity index (χ1n) is 9.99. The van der Waals surface area contributed by atoms with E-state index in [0.29, 0.717) is 23.0 Å². The lowest BCUT2D eigenvalue weighted by atomic mass is 10.1. The van der Waals surface area contributed by atoms with Crippen LogP contribution in [0.3, 0.4) is 0 Å². The second kappa shape index (κ2) is 9.06. The highest BCUT2D eigenvalue weighted by Crippen LogP contribution is 2.29. The van der Waals surface area contributed by atoms with Gasteiger partial charge in [0.25, 0.3) is 5.91 Å². The Labute approximate surface area is 186 Å². The molecule has 0 saturated carbocycles. The molecule has 1 fully saturated rings. The highest BCUT2D eigenvalue weighted by Gasteiger charge is 2.44. The number of benzene rings is 2. The third-order valence-electron chi connectivity index (χ3n) is 5.11. The molecule has 1 atom stereocenters. The third-order valence-corrected chi connectivity index (χ3v) is 5.52. The first kappa shape index (κ1) is 20.7. The van der Waals surface area contributed by atoms with E-state index in [0.717, 1.165) is 11.3 Å². The summed E-state index contributed by atoms with van der Waals surface area (Å²) in [5.74, 6) is -0.461. The van der Waals surface area contributed by atoms with Crippen molar-refractivity contribution in [1.29, 1.82) is 0 Å². The van der Waals surface area contributed by atoms with Crippen LogP contribution in [0.1, 0.15) is 17.7 Å². The lowest BCUT2D eigenvalue weighted by Crippen LogP contribution is -2.37. The summed E-state index contributed by atoms with van der Waals surface area (Å²) in [6.07, 6.45) is 1.69. The number of nitrogens with one attached hydrogen (secondary N) is 1. The van der Waals surface area contributed by atoms with Crippen LogP contribution < -0.4 is 10.2 Å². The maximum absolute atomic E-state index is 13.4. The predicted octanol–water partition coefficient (Wildman–Crippen LogP) is 3.92. The fraction of sp³-hybridized carbons (Fsp3) is 0.167. The van der Waals surface area contributed by atoms with Crippen molar-refractivity contribution in [3.63, 3.8) is 0 Å². The molecule has 1 aliphatic heterocycles. The van der Waals surface area contributed by atoms with E-state index in [9.17, 15) is 9.59 Å². The molecule has 2 heterocycles. The highest BCUT2D eigenvalue weighted by molar-refractivity contribution is 7.80. The third kappa shape index (κ3) is 4.62. The first-order chi connectivity index (χ1) is 15.0. The van der Waals surface area contributed by atoms with Gasteiger partial charge >= 0.3 is 0 Å². The number of hydrogen-bond acceptors (Lipinski definition) is 4. The Morgan fingerprint density at radius 2 is 1.74 bits per heavy atom. The number of pyridine rings is 1. The molecule has 1 saturated heterocycles. The minimum Gasteiger partial charge on any atom is -0.330 e. The summed E-state index contributed by atoms with van der Waals surface area (Å²) in [6.45, 7) is 2.33. The van der Waals surface area contributed by atoms with Gasteiger partial charge in [-0.25, -0.2) is 0 Å². The van der Waals surface area contributed by atoms with E-state index >= 15 is 0 Å². The number of amides is 2. The van der Waals surface area contributed by atoms with Gasteiger partial charge < -0.3 is 10.2 Å². The van der Waals surface area contributed by atoms with E-state index in [1.54, 1.807) is 11.1 Å². The van der Waals surface area contributed by atoms with E-state index in [4.69, 9.17) is 12.2 Å². The molecule has 4 rings (SSSR count). The van der Waals surface area contributed by atoms with Crippen molar-refractivity contribution < 1.29 is 9.59 Å². The number of carbonyl (C=O) groups excluding carboxylic acids is 2. The highest BCUT2D eigenvalue weighted by atomic mass is 32.1. The van der Waals surface area contributed by atoms with Crippen molar-refractivity contribution in [2.75, 3.05) is 10.2 Å². The fourth-order valence-corrected chi connectivity index (χ4v) is 3.91. The van der Waals surface area contributed by atoms with Crippen LogP contribution in [0.4, 0.5) is 11.4 Å². The molecule has 0 spiro atoms. The lowest BCUT2D eigenvalue weighted by molar-refractivity contribution is -0.124. The van der Waals surface area contributed by atoms with E-state index in [2.05, 4.69) is 10.3 Å². The second-order valence-electron chi connectivity index (χ2n) is 7.37. The average Bonchev–Trinajstić information content (AvgIpc) is 3.00. The Hall–Kier alpha value is -3.58. The summed E-state index contributed by atoms with van der Waals surface area (Å²) in [5.41, 5.74) is 3.24. The molecule has 0 radical (unpaired) electrons. The average molecular weight is 431 g/mol. The fourth-order valence-electron chi connectivity index (χ4n) is 3.52. The van der Waals surface area contributed by atoms with Gasteiger partial charge in [0.05, 0.1) is 24.3 Å². The zero-order valence-electron chi connectivity index (χ0n) is 17.1. The van der Waals surface area contributed by atoms with E-state index in [1.165, 1.54) is 4.90 Å². The van der Waals surface area contributed by atoms with E-state index in [1.807, 2.05) is 79.7 Å². The van der Waals surface area contributed by atoms with E-state index in [-0.39, 0.29) is 18.2 Å². The lowest BCUT2D eigenvalue weighted by Gasteiger charge is -2.23. The number of nitrogens with zero attached hydrogens (tertiary/aromatic N) is 3. The van der Waals surface area contributed by atoms with Crippen molar-refractivity contribution >= 4 is 40.5 Å². The summed E-state index contributed by atoms with van der Waals surface area (Å²) in [4.78, 5) is 33.8. The summed E-state index contributed by atoms with van der Waals surface area (Å²) in [7, 11) is 0. The van der Waals surface area contributed by atoms with Crippen LogP contribution in [0, 0.1) is 6.92 Å². The van der Waals surface area contributed by atoms with Crippen molar-refractivity contribution in [2.24, 2.45) is 0 Å². The van der Waals surface area contributed by atoms with Crippen LogP contribution in [0.2, 0.25) is 0 Å². The minimum absolute atomic E-state index is 0.0109. The number of carbonyl (C=O) groups is 2. The molecule has 6 nitrogen and oxygen atoms in total. The van der Waals surface area contributed by atoms with Crippen LogP contribution in [0.15, 0.2) is 79.0 Å². The van der Waals surface area contributed by atoms with Gasteiger partial charge in [-0.3, -0.25) is 19.5 Å². The van der Waals surface area contributed by atoms with Crippen LogP contribution >= 0.6 is 12.2 Å². The number of aryl methyl sites for hydroxylation is 1. The molecule has 156 valence electrons. The van der Waals surface area contributed by atoms with Gasteiger partial charge in [-0.2, -0.15) is 0 Å². The molecule has 1 unspecified atom stereocenters. The molecule has 31 heavy (non-hydrogen) atoms. The summed E-state index contributed by atoms with van der Waals surface area (Å²) in [5, 5.41) is 3.23. The number of rotatable bonds is 6. The van der Waals surface area contributed by atoms with Crippen LogP contribution in [-0.2, 0) is 16.1 Å². The maximum Gasteiger partial charge on any atom is 0.256 e. The molecule has 0 aliphatic carbocycles. The molecule has 1 N–H and O–H groups in total. The van der Waals surface area contributed by atoms with Crippen molar-refractivity contribution in [2.45, 2.75) is 25.9 Å². The molecule has 2 amide bonds. The smallest absolute Gasteiger partial charge is 0.256 e. The Bertz CT molecular complexity index is 1090. The monoisotopic (exact) mass is 430 g/mol. The van der Waals surface area contributed by atoms with Gasteiger partial charge in [-0.15, -0.1) is 0 Å². The Balaban J connectivity index is 1.60. The Morgan fingerprint density at radius 3 is 2.42 bits per heavy atom. The summed E-state index contributed by atoms with van der Waals surface area (Å²) in [6, 6.07) is 21.7. The van der Waals surface area contributed by atoms with Gasteiger partial charge in [-0.05, 0) is 55.5 Å². The van der Waals surface area contributed by atoms with Gasteiger partial charge in [0.15, 0.2) is 5.11 Å². The topological polar surface area (TPSA) is 65.5 Å². The van der Waals surface area contributed by atoms with Gasteiger partial charge in [0.1, 0.15) is 6.04 Å². The summed E-state index contributed by atoms with van der Waals surface area (Å²) >= 11 is 5.68.